The molecule has 1 atom stereocenters. The second-order valence-corrected chi connectivity index (χ2v) is 6.79. The number of benzene rings is 2. The second kappa shape index (κ2) is 5.44. The van der Waals surface area contributed by atoms with Crippen LogP contribution in [0.3, 0.4) is 0 Å². The zero-order chi connectivity index (χ0) is 14.0. The lowest BCUT2D eigenvalue weighted by Gasteiger charge is -2.35. The molecule has 1 aliphatic rings. The Labute approximate surface area is 122 Å². The second-order valence-electron chi connectivity index (χ2n) is 6.79. The Hall–Kier alpha value is -1.56. The lowest BCUT2D eigenvalue weighted by atomic mass is 9.69. The van der Waals surface area contributed by atoms with Gasteiger partial charge in [0.25, 0.3) is 0 Å². The van der Waals surface area contributed by atoms with Gasteiger partial charge in [0.2, 0.25) is 0 Å². The number of hydrogen-bond acceptors (Lipinski definition) is 0. The average molecular weight is 264 g/mol. The standard InChI is InChI=1S/C20H24/c1-20(2)15-9-14-18(20)19(16-10-5-3-6-11-16)17-12-7-4-8-13-17/h3-8,10-13,18-19H,9,14-15H2,1-2H3. The predicted molar refractivity (Wildman–Crippen MR) is 85.8 cm³/mol. The summed E-state index contributed by atoms with van der Waals surface area (Å²) in [6.07, 6.45) is 4.07. The molecule has 1 aliphatic carbocycles. The minimum Gasteiger partial charge on any atom is -0.0622 e. The monoisotopic (exact) mass is 264 g/mol. The SMILES string of the molecule is CC1(C)CCCC1C(c1ccccc1)c1ccccc1. The van der Waals surface area contributed by atoms with Crippen LogP contribution in [0.15, 0.2) is 60.7 Å². The third kappa shape index (κ3) is 2.52. The molecule has 0 aromatic heterocycles. The molecule has 0 saturated heterocycles. The summed E-state index contributed by atoms with van der Waals surface area (Å²) < 4.78 is 0. The van der Waals surface area contributed by atoms with Gasteiger partial charge < -0.3 is 0 Å². The Morgan fingerprint density at radius 3 is 1.75 bits per heavy atom. The zero-order valence-corrected chi connectivity index (χ0v) is 12.5. The van der Waals surface area contributed by atoms with Crippen molar-refractivity contribution in [3.05, 3.63) is 71.8 Å². The van der Waals surface area contributed by atoms with E-state index < -0.39 is 0 Å². The number of rotatable bonds is 3. The quantitative estimate of drug-likeness (QED) is 0.672. The van der Waals surface area contributed by atoms with Gasteiger partial charge in [-0.2, -0.15) is 0 Å². The summed E-state index contributed by atoms with van der Waals surface area (Å²) in [5.41, 5.74) is 3.38. The molecule has 3 rings (SSSR count). The Bertz CT molecular complexity index is 499. The molecule has 0 bridgehead atoms. The molecule has 0 N–H and O–H groups in total. The molecule has 0 nitrogen and oxygen atoms in total. The highest BCUT2D eigenvalue weighted by molar-refractivity contribution is 5.34. The van der Waals surface area contributed by atoms with E-state index in [0.29, 0.717) is 11.3 Å². The van der Waals surface area contributed by atoms with Gasteiger partial charge in [-0.15, -0.1) is 0 Å². The first-order valence-electron chi connectivity index (χ1n) is 7.78. The van der Waals surface area contributed by atoms with Gasteiger partial charge in [-0.1, -0.05) is 80.9 Å². The molecule has 104 valence electrons. The van der Waals surface area contributed by atoms with Crippen LogP contribution in [0.4, 0.5) is 0 Å². The van der Waals surface area contributed by atoms with Crippen LogP contribution < -0.4 is 0 Å². The molecule has 0 radical (unpaired) electrons. The summed E-state index contributed by atoms with van der Waals surface area (Å²) in [5, 5.41) is 0. The van der Waals surface area contributed by atoms with Crippen LogP contribution in [0.5, 0.6) is 0 Å². The summed E-state index contributed by atoms with van der Waals surface area (Å²) in [4.78, 5) is 0. The van der Waals surface area contributed by atoms with E-state index in [1.165, 1.54) is 30.4 Å². The maximum Gasteiger partial charge on any atom is 0.0123 e. The van der Waals surface area contributed by atoms with Gasteiger partial charge in [-0.3, -0.25) is 0 Å². The molecule has 2 aromatic rings. The molecule has 0 spiro atoms. The summed E-state index contributed by atoms with van der Waals surface area (Å²) in [7, 11) is 0. The molecular formula is C20H24. The summed E-state index contributed by atoms with van der Waals surface area (Å²) in [6, 6.07) is 22.1. The van der Waals surface area contributed by atoms with Gasteiger partial charge >= 0.3 is 0 Å². The average Bonchev–Trinajstić information content (AvgIpc) is 2.81. The van der Waals surface area contributed by atoms with Gasteiger partial charge in [0.1, 0.15) is 0 Å². The lowest BCUT2D eigenvalue weighted by molar-refractivity contribution is 0.236. The normalized spacial score (nSPS) is 21.2. The van der Waals surface area contributed by atoms with Crippen LogP contribution in [-0.4, -0.2) is 0 Å². The fraction of sp³-hybridized carbons (Fsp3) is 0.400. The van der Waals surface area contributed by atoms with Gasteiger partial charge in [-0.25, -0.2) is 0 Å². The van der Waals surface area contributed by atoms with Crippen molar-refractivity contribution in [2.75, 3.05) is 0 Å². The van der Waals surface area contributed by atoms with Gasteiger partial charge in [-0.05, 0) is 35.3 Å². The van der Waals surface area contributed by atoms with E-state index >= 15 is 0 Å². The van der Waals surface area contributed by atoms with Crippen molar-refractivity contribution in [1.82, 2.24) is 0 Å². The molecule has 1 saturated carbocycles. The van der Waals surface area contributed by atoms with E-state index in [1.807, 2.05) is 0 Å². The molecule has 0 aliphatic heterocycles. The van der Waals surface area contributed by atoms with E-state index in [4.69, 9.17) is 0 Å². The topological polar surface area (TPSA) is 0 Å². The van der Waals surface area contributed by atoms with Crippen molar-refractivity contribution < 1.29 is 0 Å². The first-order chi connectivity index (χ1) is 9.68. The lowest BCUT2D eigenvalue weighted by Crippen LogP contribution is -2.25. The maximum atomic E-state index is 2.45. The van der Waals surface area contributed by atoms with E-state index in [9.17, 15) is 0 Å². The van der Waals surface area contributed by atoms with E-state index in [-0.39, 0.29) is 0 Å². The Morgan fingerprint density at radius 1 is 0.850 bits per heavy atom. The molecule has 1 fully saturated rings. The third-order valence-corrected chi connectivity index (χ3v) is 5.06. The molecule has 1 unspecified atom stereocenters. The first-order valence-corrected chi connectivity index (χ1v) is 7.78. The smallest absolute Gasteiger partial charge is 0.0123 e. The predicted octanol–water partition coefficient (Wildman–Crippen LogP) is 5.64. The highest BCUT2D eigenvalue weighted by Crippen LogP contribution is 2.51. The minimum atomic E-state index is 0.441. The van der Waals surface area contributed by atoms with Crippen LogP contribution in [0, 0.1) is 11.3 Å². The Morgan fingerprint density at radius 2 is 1.35 bits per heavy atom. The minimum absolute atomic E-state index is 0.441. The molecule has 0 heteroatoms. The van der Waals surface area contributed by atoms with Crippen molar-refractivity contribution in [3.8, 4) is 0 Å². The molecule has 0 amide bonds. The molecule has 20 heavy (non-hydrogen) atoms. The fourth-order valence-corrected chi connectivity index (χ4v) is 3.95. The van der Waals surface area contributed by atoms with Crippen LogP contribution in [0.1, 0.15) is 50.2 Å². The zero-order valence-electron chi connectivity index (χ0n) is 12.5. The Kier molecular flexibility index (Phi) is 3.65. The highest BCUT2D eigenvalue weighted by Gasteiger charge is 2.40. The van der Waals surface area contributed by atoms with Gasteiger partial charge in [0, 0.05) is 5.92 Å². The Balaban J connectivity index is 2.05. The molecular weight excluding hydrogens is 240 g/mol. The highest BCUT2D eigenvalue weighted by atomic mass is 14.4. The summed E-state index contributed by atoms with van der Waals surface area (Å²) >= 11 is 0. The van der Waals surface area contributed by atoms with E-state index in [0.717, 1.165) is 5.92 Å². The van der Waals surface area contributed by atoms with Crippen molar-refractivity contribution in [2.24, 2.45) is 11.3 Å². The molecule has 2 aromatic carbocycles. The van der Waals surface area contributed by atoms with E-state index in [2.05, 4.69) is 74.5 Å². The van der Waals surface area contributed by atoms with Crippen LogP contribution in [0.2, 0.25) is 0 Å². The largest absolute Gasteiger partial charge is 0.0622 e. The van der Waals surface area contributed by atoms with E-state index in [1.54, 1.807) is 0 Å². The third-order valence-electron chi connectivity index (χ3n) is 5.06. The summed E-state index contributed by atoms with van der Waals surface area (Å²) in [6.45, 7) is 4.90. The van der Waals surface area contributed by atoms with Crippen LogP contribution in [0.25, 0.3) is 0 Å². The molecule has 0 heterocycles. The first kappa shape index (κ1) is 13.4. The number of hydrogen-bond donors (Lipinski definition) is 0. The van der Waals surface area contributed by atoms with Gasteiger partial charge in [0.05, 0.1) is 0 Å². The maximum absolute atomic E-state index is 2.45. The van der Waals surface area contributed by atoms with Gasteiger partial charge in [0.15, 0.2) is 0 Å². The van der Waals surface area contributed by atoms with Crippen molar-refractivity contribution >= 4 is 0 Å². The van der Waals surface area contributed by atoms with Crippen LogP contribution in [-0.2, 0) is 0 Å². The van der Waals surface area contributed by atoms with Crippen molar-refractivity contribution in [2.45, 2.75) is 39.0 Å². The van der Waals surface area contributed by atoms with Crippen molar-refractivity contribution in [3.63, 3.8) is 0 Å². The summed E-state index contributed by atoms with van der Waals surface area (Å²) in [5.74, 6) is 1.28. The van der Waals surface area contributed by atoms with Crippen LogP contribution >= 0.6 is 0 Å². The fourth-order valence-electron chi connectivity index (χ4n) is 3.95. The van der Waals surface area contributed by atoms with Crippen molar-refractivity contribution in [1.29, 1.82) is 0 Å².